The van der Waals surface area contributed by atoms with Crippen LogP contribution in [-0.4, -0.2) is 0 Å². The lowest BCUT2D eigenvalue weighted by atomic mass is 9.94. The van der Waals surface area contributed by atoms with Gasteiger partial charge in [0, 0.05) is 0 Å². The molecule has 30 heavy (non-hydrogen) atoms. The Balaban J connectivity index is 0.000000171. The summed E-state index contributed by atoms with van der Waals surface area (Å²) in [6, 6.07) is 0. The second-order valence-corrected chi connectivity index (χ2v) is 11.4. The molecule has 168 valence electrons. The smallest absolute Gasteiger partial charge is 0.0101 e. The third-order valence-electron chi connectivity index (χ3n) is 8.88. The molecule has 0 radical (unpaired) electrons. The highest BCUT2D eigenvalue weighted by atomic mass is 14.3. The molecule has 0 nitrogen and oxygen atoms in total. The van der Waals surface area contributed by atoms with Gasteiger partial charge in [-0.15, -0.1) is 0 Å². The van der Waals surface area contributed by atoms with Crippen LogP contribution in [0.15, 0.2) is 44.6 Å². The Labute approximate surface area is 188 Å². The fourth-order valence-corrected chi connectivity index (χ4v) is 6.37. The molecule has 0 amide bonds. The van der Waals surface area contributed by atoms with Crippen molar-refractivity contribution in [2.75, 3.05) is 0 Å². The van der Waals surface area contributed by atoms with Crippen molar-refractivity contribution >= 4 is 0 Å². The maximum Gasteiger partial charge on any atom is -0.0101 e. The molecule has 0 N–H and O–H groups in total. The lowest BCUT2D eigenvalue weighted by Crippen LogP contribution is -1.97. The van der Waals surface area contributed by atoms with Gasteiger partial charge in [-0.2, -0.15) is 0 Å². The van der Waals surface area contributed by atoms with Gasteiger partial charge in [0.2, 0.25) is 0 Å². The Bertz CT molecular complexity index is 692. The van der Waals surface area contributed by atoms with E-state index < -0.39 is 0 Å². The third-order valence-corrected chi connectivity index (χ3v) is 8.88. The molecule has 0 heteroatoms. The van der Waals surface area contributed by atoms with Gasteiger partial charge in [-0.1, -0.05) is 72.3 Å². The Morgan fingerprint density at radius 3 is 1.10 bits per heavy atom. The monoisotopic (exact) mass is 408 g/mol. The summed E-state index contributed by atoms with van der Waals surface area (Å²) in [6.45, 7) is 18.8. The molecule has 0 spiro atoms. The fraction of sp³-hybridized carbons (Fsp3) is 0.733. The van der Waals surface area contributed by atoms with Crippen LogP contribution < -0.4 is 0 Å². The van der Waals surface area contributed by atoms with Crippen molar-refractivity contribution in [2.24, 2.45) is 23.7 Å². The molecular weight excluding hydrogens is 360 g/mol. The molecule has 0 aromatic carbocycles. The predicted molar refractivity (Wildman–Crippen MR) is 134 cm³/mol. The van der Waals surface area contributed by atoms with E-state index in [0.717, 1.165) is 23.7 Å². The van der Waals surface area contributed by atoms with Crippen LogP contribution in [0.5, 0.6) is 0 Å². The molecule has 4 aliphatic carbocycles. The molecular formula is C30H48. The molecule has 0 aliphatic heterocycles. The SMILES string of the molecule is CC(C)=C1CC[C@H](C)C2=C(C1)[C@@H](C)CC2.CC(C)=C1CC[C@H](C)C2=C(C1)[C@@H](C)CC2. The Kier molecular flexibility index (Phi) is 7.92. The summed E-state index contributed by atoms with van der Waals surface area (Å²) in [5.74, 6) is 3.41. The number of hydrogen-bond donors (Lipinski definition) is 0. The van der Waals surface area contributed by atoms with E-state index in [4.69, 9.17) is 0 Å². The highest BCUT2D eigenvalue weighted by Gasteiger charge is 2.29. The van der Waals surface area contributed by atoms with Gasteiger partial charge in [-0.3, -0.25) is 0 Å². The summed E-state index contributed by atoms with van der Waals surface area (Å²) in [7, 11) is 0. The van der Waals surface area contributed by atoms with Gasteiger partial charge in [-0.05, 0) is 116 Å². The lowest BCUT2D eigenvalue weighted by Gasteiger charge is -2.12. The van der Waals surface area contributed by atoms with Gasteiger partial charge in [0.1, 0.15) is 0 Å². The van der Waals surface area contributed by atoms with E-state index in [1.165, 1.54) is 64.2 Å². The van der Waals surface area contributed by atoms with Crippen molar-refractivity contribution in [3.63, 3.8) is 0 Å². The Morgan fingerprint density at radius 2 is 0.767 bits per heavy atom. The minimum atomic E-state index is 0.849. The van der Waals surface area contributed by atoms with Crippen LogP contribution in [0, 0.1) is 23.7 Å². The van der Waals surface area contributed by atoms with Gasteiger partial charge < -0.3 is 0 Å². The van der Waals surface area contributed by atoms with E-state index in [1.54, 1.807) is 33.4 Å². The number of rotatable bonds is 0. The molecule has 0 fully saturated rings. The van der Waals surface area contributed by atoms with Crippen molar-refractivity contribution < 1.29 is 0 Å². The molecule has 0 heterocycles. The third kappa shape index (κ3) is 5.23. The first-order valence-electron chi connectivity index (χ1n) is 12.9. The number of allylic oxidation sites excluding steroid dienone is 8. The van der Waals surface area contributed by atoms with Gasteiger partial charge in [-0.25, -0.2) is 0 Å². The number of hydrogen-bond acceptors (Lipinski definition) is 0. The predicted octanol–water partition coefficient (Wildman–Crippen LogP) is 9.74. The molecule has 0 saturated heterocycles. The largest absolute Gasteiger partial charge is 0.0769 e. The molecule has 4 rings (SSSR count). The second kappa shape index (κ2) is 10.1. The van der Waals surface area contributed by atoms with Gasteiger partial charge in [0.05, 0.1) is 0 Å². The van der Waals surface area contributed by atoms with Crippen molar-refractivity contribution in [1.82, 2.24) is 0 Å². The molecule has 0 aromatic heterocycles. The van der Waals surface area contributed by atoms with Crippen molar-refractivity contribution in [1.29, 1.82) is 0 Å². The normalized spacial score (nSPS) is 31.6. The summed E-state index contributed by atoms with van der Waals surface area (Å²) in [5.41, 5.74) is 13.8. The van der Waals surface area contributed by atoms with Crippen LogP contribution in [0.25, 0.3) is 0 Å². The van der Waals surface area contributed by atoms with E-state index in [2.05, 4.69) is 55.4 Å². The Morgan fingerprint density at radius 1 is 0.467 bits per heavy atom. The van der Waals surface area contributed by atoms with E-state index >= 15 is 0 Å². The molecule has 0 bridgehead atoms. The summed E-state index contributed by atoms with van der Waals surface area (Å²) in [5, 5.41) is 0. The molecule has 4 atom stereocenters. The minimum absolute atomic E-state index is 0.849. The van der Waals surface area contributed by atoms with Crippen LogP contribution in [0.4, 0.5) is 0 Å². The van der Waals surface area contributed by atoms with Gasteiger partial charge in [0.15, 0.2) is 0 Å². The van der Waals surface area contributed by atoms with Crippen LogP contribution in [-0.2, 0) is 0 Å². The quantitative estimate of drug-likeness (QED) is 0.350. The van der Waals surface area contributed by atoms with Crippen LogP contribution in [0.3, 0.4) is 0 Å². The van der Waals surface area contributed by atoms with Gasteiger partial charge in [0.25, 0.3) is 0 Å². The van der Waals surface area contributed by atoms with E-state index in [0.29, 0.717) is 0 Å². The Hall–Kier alpha value is -1.04. The van der Waals surface area contributed by atoms with Crippen LogP contribution in [0.2, 0.25) is 0 Å². The highest BCUT2D eigenvalue weighted by molar-refractivity contribution is 5.33. The zero-order valence-corrected chi connectivity index (χ0v) is 21.4. The maximum absolute atomic E-state index is 2.43. The highest BCUT2D eigenvalue weighted by Crippen LogP contribution is 2.45. The van der Waals surface area contributed by atoms with E-state index in [1.807, 2.05) is 11.1 Å². The summed E-state index contributed by atoms with van der Waals surface area (Å²) >= 11 is 0. The maximum atomic E-state index is 2.43. The first-order valence-corrected chi connectivity index (χ1v) is 12.9. The summed E-state index contributed by atoms with van der Waals surface area (Å²) in [4.78, 5) is 0. The zero-order chi connectivity index (χ0) is 22.0. The lowest BCUT2D eigenvalue weighted by molar-refractivity contribution is 0.585. The van der Waals surface area contributed by atoms with Crippen LogP contribution in [0.1, 0.15) is 120 Å². The van der Waals surface area contributed by atoms with E-state index in [9.17, 15) is 0 Å². The van der Waals surface area contributed by atoms with Crippen molar-refractivity contribution in [3.8, 4) is 0 Å². The van der Waals surface area contributed by atoms with Crippen LogP contribution >= 0.6 is 0 Å². The standard InChI is InChI=1S/2C15H24/c2*1-10(2)13-7-5-11(3)14-8-6-12(4)15(14)9-13/h2*11-12H,5-9H2,1-4H3/t2*11-,12-/m00/s1. The second-order valence-electron chi connectivity index (χ2n) is 11.4. The van der Waals surface area contributed by atoms with Crippen molar-refractivity contribution in [3.05, 3.63) is 44.6 Å². The minimum Gasteiger partial charge on any atom is -0.0769 e. The topological polar surface area (TPSA) is 0 Å². The molecule has 0 unspecified atom stereocenters. The van der Waals surface area contributed by atoms with Gasteiger partial charge >= 0.3 is 0 Å². The first kappa shape index (κ1) is 23.6. The molecule has 4 aliphatic rings. The first-order chi connectivity index (χ1) is 14.2. The molecule has 0 aromatic rings. The fourth-order valence-electron chi connectivity index (χ4n) is 6.37. The van der Waals surface area contributed by atoms with E-state index in [-0.39, 0.29) is 0 Å². The zero-order valence-electron chi connectivity index (χ0n) is 21.4. The van der Waals surface area contributed by atoms with Crippen molar-refractivity contribution in [2.45, 2.75) is 120 Å². The molecule has 0 saturated carbocycles. The summed E-state index contributed by atoms with van der Waals surface area (Å²) < 4.78 is 0. The average Bonchev–Trinajstić information content (AvgIpc) is 3.11. The summed E-state index contributed by atoms with van der Waals surface area (Å²) in [6.07, 6.45) is 13.6. The average molecular weight is 409 g/mol.